The summed E-state index contributed by atoms with van der Waals surface area (Å²) < 4.78 is 45.4. The van der Waals surface area contributed by atoms with Gasteiger partial charge in [0, 0.05) is 31.1 Å². The van der Waals surface area contributed by atoms with Crippen molar-refractivity contribution in [2.75, 3.05) is 13.7 Å². The summed E-state index contributed by atoms with van der Waals surface area (Å²) in [4.78, 5) is 25.2. The molecule has 2 aliphatic rings. The van der Waals surface area contributed by atoms with Crippen LogP contribution in [-0.4, -0.2) is 48.7 Å². The minimum absolute atomic E-state index is 0.0231. The molecule has 2 fully saturated rings. The molecule has 39 heavy (non-hydrogen) atoms. The molecule has 0 spiro atoms. The molecule has 1 N–H and O–H groups in total. The lowest BCUT2D eigenvalue weighted by atomic mass is 9.85. The minimum atomic E-state index is -4.87. The van der Waals surface area contributed by atoms with Crippen LogP contribution in [0.15, 0.2) is 60.2 Å². The molecule has 1 amide bonds. The van der Waals surface area contributed by atoms with Gasteiger partial charge in [-0.1, -0.05) is 61.0 Å². The number of ether oxygens (including phenoxy) is 1. The second kappa shape index (κ2) is 12.8. The first kappa shape index (κ1) is 28.9. The Kier molecular flexibility index (Phi) is 9.49. The molecule has 0 radical (unpaired) electrons. The third-order valence-electron chi connectivity index (χ3n) is 7.97. The average molecular weight is 543 g/mol. The van der Waals surface area contributed by atoms with Crippen LogP contribution in [0.1, 0.15) is 66.9 Å². The fourth-order valence-corrected chi connectivity index (χ4v) is 5.66. The summed E-state index contributed by atoms with van der Waals surface area (Å²) in [5.41, 5.74) is 3.67. The Hall–Kier alpha value is -3.13. The van der Waals surface area contributed by atoms with Crippen molar-refractivity contribution >= 4 is 18.0 Å². The summed E-state index contributed by atoms with van der Waals surface area (Å²) in [6.45, 7) is 2.82. The zero-order chi connectivity index (χ0) is 28.0. The third-order valence-corrected chi connectivity index (χ3v) is 7.97. The summed E-state index contributed by atoms with van der Waals surface area (Å²) >= 11 is 0. The second-order valence-corrected chi connectivity index (χ2v) is 10.6. The molecule has 0 bridgehead atoms. The van der Waals surface area contributed by atoms with E-state index in [-0.39, 0.29) is 30.4 Å². The van der Waals surface area contributed by atoms with Crippen LogP contribution in [0.2, 0.25) is 0 Å². The van der Waals surface area contributed by atoms with Crippen LogP contribution >= 0.6 is 0 Å². The Morgan fingerprint density at radius 1 is 1.03 bits per heavy atom. The van der Waals surface area contributed by atoms with Gasteiger partial charge in [0.25, 0.3) is 0 Å². The van der Waals surface area contributed by atoms with Crippen molar-refractivity contribution in [3.8, 4) is 0 Å². The molecule has 0 heterocycles. The first-order valence-electron chi connectivity index (χ1n) is 13.7. The number of carbonyl (C=O) groups excluding carboxylic acids is 2. The van der Waals surface area contributed by atoms with E-state index in [0.717, 1.165) is 53.7 Å². The fraction of sp³-hybridized carbons (Fsp3) is 0.484. The summed E-state index contributed by atoms with van der Waals surface area (Å²) in [5.74, 6) is -2.05. The first-order valence-corrected chi connectivity index (χ1v) is 13.7. The van der Waals surface area contributed by atoms with Gasteiger partial charge in [-0.05, 0) is 67.7 Å². The van der Waals surface area contributed by atoms with E-state index in [1.807, 2.05) is 49.4 Å². The van der Waals surface area contributed by atoms with E-state index >= 15 is 0 Å². The molecule has 2 atom stereocenters. The number of alkyl halides is 3. The van der Waals surface area contributed by atoms with Crippen LogP contribution in [0.4, 0.5) is 13.2 Å². The number of methoxy groups -OCH3 is 1. The Labute approximate surface area is 228 Å². The van der Waals surface area contributed by atoms with Crippen molar-refractivity contribution < 1.29 is 27.5 Å². The molecule has 4 rings (SSSR count). The maximum absolute atomic E-state index is 13.6. The molecule has 0 aliphatic heterocycles. The molecule has 5 nitrogen and oxygen atoms in total. The van der Waals surface area contributed by atoms with Gasteiger partial charge in [0.2, 0.25) is 0 Å². The number of hydrogen-bond donors (Lipinski definition) is 1. The number of carbonyl (C=O) groups is 2. The van der Waals surface area contributed by atoms with Gasteiger partial charge in [0.05, 0.1) is 12.7 Å². The number of hydrogen-bond acceptors (Lipinski definition) is 4. The number of rotatable bonds is 10. The van der Waals surface area contributed by atoms with Gasteiger partial charge in [0.15, 0.2) is 0 Å². The predicted octanol–water partition coefficient (Wildman–Crippen LogP) is 6.39. The zero-order valence-corrected chi connectivity index (χ0v) is 22.5. The van der Waals surface area contributed by atoms with E-state index in [9.17, 15) is 22.8 Å². The number of esters is 1. The van der Waals surface area contributed by atoms with Crippen LogP contribution in [-0.2, 0) is 16.1 Å². The molecule has 0 saturated heterocycles. The van der Waals surface area contributed by atoms with Crippen LogP contribution in [0.25, 0.3) is 6.08 Å². The monoisotopic (exact) mass is 542 g/mol. The zero-order valence-electron chi connectivity index (χ0n) is 22.5. The SMILES string of the molecule is CC/C(=C\c1ccccc1)[C@@H]1C[C@H]1N(CC1CCC(NCc2ccc(C(=O)OC)cc2)CC1)C(=O)C(F)(F)F. The molecule has 0 unspecified atom stereocenters. The molecule has 0 aromatic heterocycles. The maximum atomic E-state index is 13.6. The minimum Gasteiger partial charge on any atom is -0.465 e. The van der Waals surface area contributed by atoms with Gasteiger partial charge in [-0.15, -0.1) is 0 Å². The summed E-state index contributed by atoms with van der Waals surface area (Å²) in [6.07, 6.45) is 1.76. The molecule has 2 aromatic rings. The van der Waals surface area contributed by atoms with Gasteiger partial charge in [-0.25, -0.2) is 4.79 Å². The molecule has 2 saturated carbocycles. The van der Waals surface area contributed by atoms with Crippen molar-refractivity contribution in [1.29, 1.82) is 0 Å². The topological polar surface area (TPSA) is 58.6 Å². The fourth-order valence-electron chi connectivity index (χ4n) is 5.66. The molecule has 2 aliphatic carbocycles. The number of nitrogens with zero attached hydrogens (tertiary/aromatic N) is 1. The Morgan fingerprint density at radius 2 is 1.69 bits per heavy atom. The van der Waals surface area contributed by atoms with Crippen molar-refractivity contribution in [1.82, 2.24) is 10.2 Å². The third kappa shape index (κ3) is 7.72. The summed E-state index contributed by atoms with van der Waals surface area (Å²) in [5, 5.41) is 3.53. The van der Waals surface area contributed by atoms with Crippen LogP contribution < -0.4 is 5.32 Å². The number of halogens is 3. The molecule has 2 aromatic carbocycles. The highest BCUT2D eigenvalue weighted by Gasteiger charge is 2.52. The summed E-state index contributed by atoms with van der Waals surface area (Å²) in [7, 11) is 1.35. The Morgan fingerprint density at radius 3 is 2.28 bits per heavy atom. The lowest BCUT2D eigenvalue weighted by Gasteiger charge is -2.34. The largest absolute Gasteiger partial charge is 0.471 e. The molecular weight excluding hydrogens is 505 g/mol. The van der Waals surface area contributed by atoms with E-state index in [0.29, 0.717) is 18.5 Å². The number of nitrogens with one attached hydrogen (secondary N) is 1. The second-order valence-electron chi connectivity index (χ2n) is 10.6. The number of amides is 1. The van der Waals surface area contributed by atoms with Crippen molar-refractivity contribution in [3.63, 3.8) is 0 Å². The van der Waals surface area contributed by atoms with Crippen LogP contribution in [0, 0.1) is 11.8 Å². The van der Waals surface area contributed by atoms with Gasteiger partial charge >= 0.3 is 18.1 Å². The summed E-state index contributed by atoms with van der Waals surface area (Å²) in [6, 6.07) is 16.9. The van der Waals surface area contributed by atoms with Crippen molar-refractivity contribution in [2.24, 2.45) is 11.8 Å². The highest BCUT2D eigenvalue weighted by molar-refractivity contribution is 5.89. The van der Waals surface area contributed by atoms with E-state index in [2.05, 4.69) is 11.4 Å². The van der Waals surface area contributed by atoms with E-state index < -0.39 is 18.1 Å². The van der Waals surface area contributed by atoms with Crippen molar-refractivity contribution in [2.45, 2.75) is 70.3 Å². The Balaban J connectivity index is 1.32. The number of benzene rings is 2. The molecule has 8 heteroatoms. The van der Waals surface area contributed by atoms with Gasteiger partial charge in [-0.3, -0.25) is 4.79 Å². The van der Waals surface area contributed by atoms with Crippen LogP contribution in [0.5, 0.6) is 0 Å². The van der Waals surface area contributed by atoms with Crippen LogP contribution in [0.3, 0.4) is 0 Å². The van der Waals surface area contributed by atoms with Gasteiger partial charge < -0.3 is 15.0 Å². The van der Waals surface area contributed by atoms with Crippen molar-refractivity contribution in [3.05, 3.63) is 76.9 Å². The van der Waals surface area contributed by atoms with E-state index in [1.54, 1.807) is 12.1 Å². The molecular formula is C31H37F3N2O3. The maximum Gasteiger partial charge on any atom is 0.471 e. The van der Waals surface area contributed by atoms with Gasteiger partial charge in [-0.2, -0.15) is 13.2 Å². The highest BCUT2D eigenvalue weighted by atomic mass is 19.4. The quantitative estimate of drug-likeness (QED) is 0.353. The van der Waals surface area contributed by atoms with E-state index in [1.165, 1.54) is 7.11 Å². The standard InChI is InChI=1S/C31H37F3N2O3/c1-3-24(17-21-7-5-4-6-8-21)27-18-28(27)36(30(38)31(32,33)34)20-23-11-15-26(16-12-23)35-19-22-9-13-25(14-10-22)29(37)39-2/h4-10,13-14,17,23,26-28,35H,3,11-12,15-16,18-20H2,1-2H3/b24-17+/t23?,26?,27-,28+/m0/s1. The lowest BCUT2D eigenvalue weighted by Crippen LogP contribution is -2.46. The van der Waals surface area contributed by atoms with E-state index in [4.69, 9.17) is 4.74 Å². The average Bonchev–Trinajstić information content (AvgIpc) is 3.74. The first-order chi connectivity index (χ1) is 18.7. The smallest absolute Gasteiger partial charge is 0.465 e. The Bertz CT molecular complexity index is 1140. The predicted molar refractivity (Wildman–Crippen MR) is 145 cm³/mol. The van der Waals surface area contributed by atoms with Gasteiger partial charge in [0.1, 0.15) is 0 Å². The highest BCUT2D eigenvalue weighted by Crippen LogP contribution is 2.45. The molecule has 210 valence electrons. The lowest BCUT2D eigenvalue weighted by molar-refractivity contribution is -0.187. The normalized spacial score (nSPS) is 23.3.